The molecule has 0 radical (unpaired) electrons. The average molecular weight is 276 g/mol. The van der Waals surface area contributed by atoms with Gasteiger partial charge in [-0.2, -0.15) is 0 Å². The molecule has 2 atom stereocenters. The van der Waals surface area contributed by atoms with Crippen LogP contribution in [0.2, 0.25) is 0 Å². The van der Waals surface area contributed by atoms with Crippen molar-refractivity contribution in [1.82, 2.24) is 0 Å². The van der Waals surface area contributed by atoms with Crippen LogP contribution in [0.3, 0.4) is 0 Å². The van der Waals surface area contributed by atoms with E-state index in [2.05, 4.69) is 12.2 Å². The van der Waals surface area contributed by atoms with Crippen LogP contribution >= 0.6 is 0 Å². The first-order chi connectivity index (χ1) is 9.63. The van der Waals surface area contributed by atoms with Crippen LogP contribution in [-0.4, -0.2) is 17.3 Å². The molecule has 0 aliphatic heterocycles. The van der Waals surface area contributed by atoms with Gasteiger partial charge >= 0.3 is 0 Å². The number of nitrogens with one attached hydrogen (secondary N) is 1. The molecule has 5 nitrogen and oxygen atoms in total. The highest BCUT2D eigenvalue weighted by molar-refractivity contribution is 5.79. The molecule has 0 amide bonds. The Bertz CT molecular complexity index is 502. The van der Waals surface area contributed by atoms with Crippen LogP contribution in [0.5, 0.6) is 0 Å². The van der Waals surface area contributed by atoms with Gasteiger partial charge in [0.05, 0.1) is 4.92 Å². The van der Waals surface area contributed by atoms with Gasteiger partial charge in [0.2, 0.25) is 0 Å². The predicted molar refractivity (Wildman–Crippen MR) is 78.1 cm³/mol. The fourth-order valence-electron chi connectivity index (χ4n) is 2.91. The summed E-state index contributed by atoms with van der Waals surface area (Å²) in [4.78, 5) is 21.4. The van der Waals surface area contributed by atoms with E-state index in [1.165, 1.54) is 12.5 Å². The van der Waals surface area contributed by atoms with Gasteiger partial charge in [0.25, 0.3) is 5.69 Å². The first kappa shape index (κ1) is 14.5. The van der Waals surface area contributed by atoms with Crippen molar-refractivity contribution in [3.63, 3.8) is 0 Å². The van der Waals surface area contributed by atoms with E-state index in [-0.39, 0.29) is 11.7 Å². The van der Waals surface area contributed by atoms with Crippen molar-refractivity contribution >= 4 is 17.7 Å². The monoisotopic (exact) mass is 276 g/mol. The number of hydrogen-bond donors (Lipinski definition) is 1. The van der Waals surface area contributed by atoms with Crippen molar-refractivity contribution in [2.24, 2.45) is 5.92 Å². The van der Waals surface area contributed by atoms with E-state index in [0.29, 0.717) is 23.5 Å². The maximum Gasteiger partial charge on any atom is 0.293 e. The lowest BCUT2D eigenvalue weighted by Crippen LogP contribution is -2.27. The number of nitro groups is 1. The topological polar surface area (TPSA) is 72.2 Å². The molecule has 0 saturated heterocycles. The summed E-state index contributed by atoms with van der Waals surface area (Å²) in [5.41, 5.74) is 0.827. The second kappa shape index (κ2) is 6.50. The molecule has 5 heteroatoms. The highest BCUT2D eigenvalue weighted by Gasteiger charge is 2.23. The molecule has 2 rings (SSSR count). The number of nitrogens with zero attached hydrogens (tertiary/aromatic N) is 1. The fraction of sp³-hybridized carbons (Fsp3) is 0.533. The molecular formula is C15H20N2O3. The molecule has 1 aromatic rings. The van der Waals surface area contributed by atoms with Crippen LogP contribution in [0.4, 0.5) is 11.4 Å². The van der Waals surface area contributed by atoms with Crippen molar-refractivity contribution in [1.29, 1.82) is 0 Å². The van der Waals surface area contributed by atoms with E-state index in [9.17, 15) is 14.9 Å². The van der Waals surface area contributed by atoms with E-state index in [1.807, 2.05) is 0 Å². The van der Waals surface area contributed by atoms with Gasteiger partial charge in [0, 0.05) is 17.7 Å². The Hall–Kier alpha value is -1.91. The van der Waals surface area contributed by atoms with Gasteiger partial charge < -0.3 is 5.32 Å². The minimum atomic E-state index is -0.435. The second-order valence-electron chi connectivity index (χ2n) is 5.43. The minimum Gasteiger partial charge on any atom is -0.377 e. The molecule has 20 heavy (non-hydrogen) atoms. The van der Waals surface area contributed by atoms with Crippen LogP contribution in [0.25, 0.3) is 0 Å². The molecule has 0 heterocycles. The molecule has 1 N–H and O–H groups in total. The van der Waals surface area contributed by atoms with Gasteiger partial charge in [-0.3, -0.25) is 14.9 Å². The number of carbonyl (C=O) groups excluding carboxylic acids is 1. The summed E-state index contributed by atoms with van der Waals surface area (Å²) >= 11 is 0. The van der Waals surface area contributed by atoms with Crippen LogP contribution in [0.15, 0.2) is 18.2 Å². The Morgan fingerprint density at radius 1 is 1.45 bits per heavy atom. The third kappa shape index (κ3) is 3.35. The smallest absolute Gasteiger partial charge is 0.293 e. The molecule has 1 saturated carbocycles. The maximum absolute atomic E-state index is 11.1. The van der Waals surface area contributed by atoms with E-state index < -0.39 is 4.92 Å². The lowest BCUT2D eigenvalue weighted by atomic mass is 9.84. The quantitative estimate of drug-likeness (QED) is 0.504. The summed E-state index contributed by atoms with van der Waals surface area (Å²) in [7, 11) is 0. The fourth-order valence-corrected chi connectivity index (χ4v) is 2.91. The molecule has 1 aliphatic rings. The Kier molecular flexibility index (Phi) is 4.71. The largest absolute Gasteiger partial charge is 0.377 e. The highest BCUT2D eigenvalue weighted by atomic mass is 16.6. The Morgan fingerprint density at radius 3 is 2.90 bits per heavy atom. The lowest BCUT2D eigenvalue weighted by Gasteiger charge is -2.29. The summed E-state index contributed by atoms with van der Waals surface area (Å²) < 4.78 is 0. The standard InChI is InChI=1S/C15H20N2O3/c1-2-11-4-3-5-13(8-11)16-14-7-6-12(10-18)9-15(14)17(19)20/h6-7,9-11,13,16H,2-5,8H2,1H3. The number of rotatable bonds is 5. The van der Waals surface area contributed by atoms with Crippen molar-refractivity contribution in [2.75, 3.05) is 5.32 Å². The summed E-state index contributed by atoms with van der Waals surface area (Å²) in [5.74, 6) is 0.703. The van der Waals surface area contributed by atoms with Crippen LogP contribution in [0, 0.1) is 16.0 Å². The third-order valence-electron chi connectivity index (χ3n) is 4.07. The molecule has 0 spiro atoms. The molecule has 1 fully saturated rings. The SMILES string of the molecule is CCC1CCCC(Nc2ccc(C=O)cc2[N+](=O)[O-])C1. The molecule has 0 aromatic heterocycles. The van der Waals surface area contributed by atoms with Crippen molar-refractivity contribution in [3.8, 4) is 0 Å². The Balaban J connectivity index is 2.16. The minimum absolute atomic E-state index is 0.0202. The number of carbonyl (C=O) groups is 1. The Morgan fingerprint density at radius 2 is 2.25 bits per heavy atom. The summed E-state index contributed by atoms with van der Waals surface area (Å²) in [6.07, 6.45) is 6.30. The third-order valence-corrected chi connectivity index (χ3v) is 4.07. The first-order valence-electron chi connectivity index (χ1n) is 7.14. The van der Waals surface area contributed by atoms with E-state index >= 15 is 0 Å². The summed E-state index contributed by atoms with van der Waals surface area (Å²) in [6.45, 7) is 2.19. The number of benzene rings is 1. The summed E-state index contributed by atoms with van der Waals surface area (Å²) in [5, 5.41) is 14.4. The van der Waals surface area contributed by atoms with E-state index in [0.717, 1.165) is 25.7 Å². The van der Waals surface area contributed by atoms with Crippen molar-refractivity contribution in [2.45, 2.75) is 45.1 Å². The van der Waals surface area contributed by atoms with Gasteiger partial charge in [-0.25, -0.2) is 0 Å². The average Bonchev–Trinajstić information content (AvgIpc) is 2.47. The normalized spacial score (nSPS) is 22.2. The van der Waals surface area contributed by atoms with Crippen molar-refractivity contribution < 1.29 is 9.72 Å². The Labute approximate surface area is 118 Å². The molecule has 1 aromatic carbocycles. The van der Waals surface area contributed by atoms with Gasteiger partial charge in [-0.15, -0.1) is 0 Å². The summed E-state index contributed by atoms with van der Waals surface area (Å²) in [6, 6.07) is 4.87. The lowest BCUT2D eigenvalue weighted by molar-refractivity contribution is -0.384. The van der Waals surface area contributed by atoms with Gasteiger partial charge in [0.15, 0.2) is 0 Å². The number of anilines is 1. The molecule has 2 unspecified atom stereocenters. The van der Waals surface area contributed by atoms with Crippen LogP contribution < -0.4 is 5.32 Å². The molecule has 108 valence electrons. The maximum atomic E-state index is 11.1. The van der Waals surface area contributed by atoms with Gasteiger partial charge in [0.1, 0.15) is 12.0 Å². The molecule has 0 bridgehead atoms. The van der Waals surface area contributed by atoms with E-state index in [1.54, 1.807) is 12.1 Å². The predicted octanol–water partition coefficient (Wildman–Crippen LogP) is 3.79. The van der Waals surface area contributed by atoms with Crippen LogP contribution in [0.1, 0.15) is 49.4 Å². The molecule has 1 aliphatic carbocycles. The van der Waals surface area contributed by atoms with Crippen LogP contribution in [-0.2, 0) is 0 Å². The number of hydrogen-bond acceptors (Lipinski definition) is 4. The zero-order valence-corrected chi connectivity index (χ0v) is 11.7. The second-order valence-corrected chi connectivity index (χ2v) is 5.43. The zero-order valence-electron chi connectivity index (χ0n) is 11.7. The highest BCUT2D eigenvalue weighted by Crippen LogP contribution is 2.32. The number of nitro benzene ring substituents is 1. The zero-order chi connectivity index (χ0) is 14.5. The number of aldehydes is 1. The van der Waals surface area contributed by atoms with Gasteiger partial charge in [-0.05, 0) is 30.9 Å². The molecular weight excluding hydrogens is 256 g/mol. The van der Waals surface area contributed by atoms with Gasteiger partial charge in [-0.1, -0.05) is 26.2 Å². The van der Waals surface area contributed by atoms with Crippen molar-refractivity contribution in [3.05, 3.63) is 33.9 Å². The van der Waals surface area contributed by atoms with E-state index in [4.69, 9.17) is 0 Å². The first-order valence-corrected chi connectivity index (χ1v) is 7.14.